The normalized spacial score (nSPS) is 18.4. The number of anilines is 2. The Morgan fingerprint density at radius 3 is 2.65 bits per heavy atom. The van der Waals surface area contributed by atoms with Crippen LogP contribution >= 0.6 is 0 Å². The number of carbonyl (C=O) groups is 1. The van der Waals surface area contributed by atoms with Crippen LogP contribution in [0.1, 0.15) is 38.2 Å². The number of nitrogens with zero attached hydrogens (tertiary/aromatic N) is 1. The fraction of sp³-hybridized carbons (Fsp3) is 0.345. The molecule has 1 aliphatic carbocycles. The molecule has 0 saturated carbocycles. The molecule has 1 heterocycles. The maximum Gasteiger partial charge on any atom is 0.248 e. The van der Waals surface area contributed by atoms with E-state index in [0.29, 0.717) is 6.61 Å². The highest BCUT2D eigenvalue weighted by molar-refractivity contribution is 6.00. The first-order chi connectivity index (χ1) is 16.6. The fourth-order valence-electron chi connectivity index (χ4n) is 4.44. The predicted molar refractivity (Wildman–Crippen MR) is 138 cm³/mol. The van der Waals surface area contributed by atoms with Crippen molar-refractivity contribution in [3.8, 4) is 5.75 Å². The molecule has 1 fully saturated rings. The molecule has 1 saturated heterocycles. The molecule has 2 aromatic rings. The number of nitrogens with one attached hydrogen (secondary N) is 1. The summed E-state index contributed by atoms with van der Waals surface area (Å²) in [5, 5.41) is 3.05. The van der Waals surface area contributed by atoms with Gasteiger partial charge in [-0.1, -0.05) is 30.4 Å². The Morgan fingerprint density at radius 1 is 1.12 bits per heavy atom. The van der Waals surface area contributed by atoms with E-state index >= 15 is 0 Å². The highest BCUT2D eigenvalue weighted by Gasteiger charge is 2.15. The van der Waals surface area contributed by atoms with Crippen molar-refractivity contribution in [2.75, 3.05) is 30.4 Å². The number of amides is 1. The summed E-state index contributed by atoms with van der Waals surface area (Å²) in [6.45, 7) is 4.58. The van der Waals surface area contributed by atoms with Crippen LogP contribution in [0, 0.1) is 0 Å². The van der Waals surface area contributed by atoms with Crippen LogP contribution in [0.5, 0.6) is 5.75 Å². The Morgan fingerprint density at radius 2 is 1.91 bits per heavy atom. The number of para-hydroxylation sites is 1. The quantitative estimate of drug-likeness (QED) is 0.490. The van der Waals surface area contributed by atoms with Crippen LogP contribution in [0.3, 0.4) is 0 Å². The molecule has 5 heteroatoms. The third-order valence-corrected chi connectivity index (χ3v) is 6.39. The van der Waals surface area contributed by atoms with Gasteiger partial charge in [-0.2, -0.15) is 0 Å². The van der Waals surface area contributed by atoms with Gasteiger partial charge in [-0.3, -0.25) is 4.79 Å². The first-order valence-electron chi connectivity index (χ1n) is 12.1. The van der Waals surface area contributed by atoms with E-state index in [1.165, 1.54) is 30.5 Å². The second-order valence-corrected chi connectivity index (χ2v) is 8.87. The fourth-order valence-corrected chi connectivity index (χ4v) is 4.44. The van der Waals surface area contributed by atoms with Gasteiger partial charge < -0.3 is 19.7 Å². The van der Waals surface area contributed by atoms with Crippen molar-refractivity contribution >= 4 is 17.3 Å². The van der Waals surface area contributed by atoms with Gasteiger partial charge in [0.25, 0.3) is 0 Å². The molecule has 1 unspecified atom stereocenters. The van der Waals surface area contributed by atoms with Gasteiger partial charge in [-0.15, -0.1) is 0 Å². The number of carbonyl (C=O) groups excluding carboxylic acids is 1. The van der Waals surface area contributed by atoms with Crippen molar-refractivity contribution in [1.82, 2.24) is 0 Å². The minimum absolute atomic E-state index is 0.122. The Balaban J connectivity index is 1.47. The average Bonchev–Trinajstić information content (AvgIpc) is 2.88. The van der Waals surface area contributed by atoms with Gasteiger partial charge >= 0.3 is 0 Å². The van der Waals surface area contributed by atoms with Gasteiger partial charge in [-0.05, 0) is 80.2 Å². The molecule has 1 aliphatic heterocycles. The zero-order chi connectivity index (χ0) is 23.8. The highest BCUT2D eigenvalue weighted by atomic mass is 16.5. The van der Waals surface area contributed by atoms with Crippen molar-refractivity contribution in [3.63, 3.8) is 0 Å². The predicted octanol–water partition coefficient (Wildman–Crippen LogP) is 6.04. The zero-order valence-electron chi connectivity index (χ0n) is 20.1. The molecule has 5 nitrogen and oxygen atoms in total. The smallest absolute Gasteiger partial charge is 0.248 e. The molecule has 1 amide bonds. The second kappa shape index (κ2) is 11.7. The van der Waals surface area contributed by atoms with Gasteiger partial charge in [0.2, 0.25) is 5.91 Å². The summed E-state index contributed by atoms with van der Waals surface area (Å²) in [5.74, 6) is 0.649. The molecule has 0 radical (unpaired) electrons. The minimum Gasteiger partial charge on any atom is -0.489 e. The lowest BCUT2D eigenvalue weighted by Crippen LogP contribution is -2.29. The molecule has 178 valence electrons. The van der Waals surface area contributed by atoms with Crippen LogP contribution in [-0.2, 0) is 16.1 Å². The van der Waals surface area contributed by atoms with Crippen molar-refractivity contribution in [2.24, 2.45) is 0 Å². The van der Waals surface area contributed by atoms with E-state index in [1.807, 2.05) is 42.5 Å². The number of rotatable bonds is 8. The Kier molecular flexibility index (Phi) is 8.21. The number of piperidine rings is 1. The number of allylic oxidation sites excluding steroid dienone is 3. The van der Waals surface area contributed by atoms with Crippen LogP contribution in [0.15, 0.2) is 84.0 Å². The summed E-state index contributed by atoms with van der Waals surface area (Å²) in [4.78, 5) is 15.2. The first kappa shape index (κ1) is 23.8. The maximum absolute atomic E-state index is 12.7. The molecule has 4 rings (SSSR count). The Labute approximate surface area is 202 Å². The van der Waals surface area contributed by atoms with Gasteiger partial charge in [-0.25, -0.2) is 0 Å². The van der Waals surface area contributed by atoms with E-state index in [1.54, 1.807) is 13.2 Å². The van der Waals surface area contributed by atoms with Gasteiger partial charge in [0.05, 0.1) is 6.10 Å². The molecule has 0 aromatic heterocycles. The van der Waals surface area contributed by atoms with Crippen molar-refractivity contribution in [3.05, 3.63) is 89.5 Å². The monoisotopic (exact) mass is 458 g/mol. The van der Waals surface area contributed by atoms with E-state index in [-0.39, 0.29) is 12.0 Å². The van der Waals surface area contributed by atoms with Gasteiger partial charge in [0.1, 0.15) is 12.4 Å². The highest BCUT2D eigenvalue weighted by Crippen LogP contribution is 2.27. The molecule has 1 N–H and O–H groups in total. The average molecular weight is 459 g/mol. The van der Waals surface area contributed by atoms with Crippen LogP contribution in [0.2, 0.25) is 0 Å². The molecule has 34 heavy (non-hydrogen) atoms. The van der Waals surface area contributed by atoms with E-state index < -0.39 is 0 Å². The van der Waals surface area contributed by atoms with Crippen LogP contribution in [-0.4, -0.2) is 32.2 Å². The number of methoxy groups -OCH3 is 1. The van der Waals surface area contributed by atoms with Crippen LogP contribution in [0.25, 0.3) is 0 Å². The van der Waals surface area contributed by atoms with Crippen LogP contribution < -0.4 is 15.0 Å². The van der Waals surface area contributed by atoms with Gasteiger partial charge in [0.15, 0.2) is 0 Å². The molecule has 0 spiro atoms. The number of benzene rings is 2. The minimum atomic E-state index is -0.160. The van der Waals surface area contributed by atoms with E-state index in [0.717, 1.165) is 42.1 Å². The number of hydrogen-bond donors (Lipinski definition) is 1. The summed E-state index contributed by atoms with van der Waals surface area (Å²) in [5.41, 5.74) is 5.10. The lowest BCUT2D eigenvalue weighted by molar-refractivity contribution is -0.111. The van der Waals surface area contributed by atoms with Crippen molar-refractivity contribution in [2.45, 2.75) is 45.3 Å². The largest absolute Gasteiger partial charge is 0.489 e. The summed E-state index contributed by atoms with van der Waals surface area (Å²) in [6.07, 6.45) is 12.3. The number of ether oxygens (including phenoxy) is 2. The molecular formula is C29H34N2O3. The first-order valence-corrected chi connectivity index (χ1v) is 12.1. The van der Waals surface area contributed by atoms with E-state index in [2.05, 4.69) is 41.4 Å². The van der Waals surface area contributed by atoms with Crippen molar-refractivity contribution < 1.29 is 14.3 Å². The Hall–Kier alpha value is -3.31. The third kappa shape index (κ3) is 6.39. The van der Waals surface area contributed by atoms with Crippen LogP contribution in [0.4, 0.5) is 11.4 Å². The Bertz CT molecular complexity index is 1070. The van der Waals surface area contributed by atoms with Crippen molar-refractivity contribution in [1.29, 1.82) is 0 Å². The standard InChI is InChI=1S/C29H34N2O3/c1-22-19-23(11-15-28(22)33-2)12-16-29(32)30-27-14-13-25(31-17-7-4-8-18-31)20-24(27)21-34-26-9-5-3-6-10-26/h3,5-6,9-14,16,19-20,28H,4,7-8,15,17-18,21H2,1-2H3,(H,30,32)/b16-12+. The summed E-state index contributed by atoms with van der Waals surface area (Å²) < 4.78 is 11.5. The topological polar surface area (TPSA) is 50.8 Å². The second-order valence-electron chi connectivity index (χ2n) is 8.87. The lowest BCUT2D eigenvalue weighted by atomic mass is 9.97. The lowest BCUT2D eigenvalue weighted by Gasteiger charge is -2.29. The van der Waals surface area contributed by atoms with Gasteiger partial charge in [0, 0.05) is 43.2 Å². The summed E-state index contributed by atoms with van der Waals surface area (Å²) in [7, 11) is 1.72. The van der Waals surface area contributed by atoms with E-state index in [4.69, 9.17) is 9.47 Å². The molecule has 1 atom stereocenters. The van der Waals surface area contributed by atoms with E-state index in [9.17, 15) is 4.79 Å². The molecule has 2 aliphatic rings. The molecule has 2 aromatic carbocycles. The summed E-state index contributed by atoms with van der Waals surface area (Å²) in [6, 6.07) is 16.0. The third-order valence-electron chi connectivity index (χ3n) is 6.39. The number of hydrogen-bond acceptors (Lipinski definition) is 4. The SMILES string of the molecule is COC1CC=C(/C=C/C(=O)Nc2ccc(N3CCCCC3)cc2COc2ccccc2)C=C1C. The molecular weight excluding hydrogens is 424 g/mol. The summed E-state index contributed by atoms with van der Waals surface area (Å²) >= 11 is 0. The molecule has 0 bridgehead atoms. The zero-order valence-corrected chi connectivity index (χ0v) is 20.1. The maximum atomic E-state index is 12.7.